The average molecular weight is 384 g/mol. The van der Waals surface area contributed by atoms with Crippen LogP contribution in [0.5, 0.6) is 0 Å². The SMILES string of the molecule is Fc1ccc2[nH]ccc2c1-c1nc(N2CCOCC2)nc(N2CCOCC2)n1. The first-order valence-electron chi connectivity index (χ1n) is 9.47. The molecular weight excluding hydrogens is 363 g/mol. The van der Waals surface area contributed by atoms with Crippen LogP contribution in [0.25, 0.3) is 22.3 Å². The number of anilines is 2. The Kier molecular flexibility index (Phi) is 4.53. The molecule has 0 unspecified atom stereocenters. The third kappa shape index (κ3) is 3.16. The summed E-state index contributed by atoms with van der Waals surface area (Å²) in [5, 5.41) is 0.757. The normalized spacial score (nSPS) is 18.0. The Bertz CT molecular complexity index is 945. The lowest BCUT2D eigenvalue weighted by Crippen LogP contribution is -2.40. The molecule has 0 saturated carbocycles. The number of nitrogens with one attached hydrogen (secondary N) is 1. The summed E-state index contributed by atoms with van der Waals surface area (Å²) in [6, 6.07) is 5.02. The summed E-state index contributed by atoms with van der Waals surface area (Å²) in [5.74, 6) is 1.11. The van der Waals surface area contributed by atoms with E-state index in [-0.39, 0.29) is 5.82 Å². The van der Waals surface area contributed by atoms with E-state index in [9.17, 15) is 4.39 Å². The van der Waals surface area contributed by atoms with Gasteiger partial charge < -0.3 is 24.3 Å². The number of aromatic nitrogens is 4. The Morgan fingerprint density at radius 2 is 1.43 bits per heavy atom. The number of morpholine rings is 2. The molecule has 0 bridgehead atoms. The minimum Gasteiger partial charge on any atom is -0.378 e. The van der Waals surface area contributed by atoms with Crippen molar-refractivity contribution in [2.45, 2.75) is 0 Å². The summed E-state index contributed by atoms with van der Waals surface area (Å²) < 4.78 is 25.7. The predicted octanol–water partition coefficient (Wildman–Crippen LogP) is 1.83. The minimum atomic E-state index is -0.348. The molecule has 0 aliphatic carbocycles. The molecule has 0 radical (unpaired) electrons. The van der Waals surface area contributed by atoms with E-state index in [0.29, 0.717) is 75.9 Å². The topological polar surface area (TPSA) is 79.4 Å². The lowest BCUT2D eigenvalue weighted by molar-refractivity contribution is 0.121. The molecule has 2 fully saturated rings. The summed E-state index contributed by atoms with van der Waals surface area (Å²) in [7, 11) is 0. The maximum atomic E-state index is 14.8. The van der Waals surface area contributed by atoms with E-state index in [0.717, 1.165) is 10.9 Å². The summed E-state index contributed by atoms with van der Waals surface area (Å²) in [5.41, 5.74) is 1.24. The van der Waals surface area contributed by atoms with Crippen molar-refractivity contribution in [2.24, 2.45) is 0 Å². The zero-order valence-corrected chi connectivity index (χ0v) is 15.4. The minimum absolute atomic E-state index is 0.348. The van der Waals surface area contributed by atoms with Gasteiger partial charge in [0, 0.05) is 43.3 Å². The number of fused-ring (bicyclic) bond motifs is 1. The molecule has 2 aliphatic heterocycles. The smallest absolute Gasteiger partial charge is 0.230 e. The molecule has 0 spiro atoms. The highest BCUT2D eigenvalue weighted by molar-refractivity contribution is 5.93. The molecule has 146 valence electrons. The number of aromatic amines is 1. The largest absolute Gasteiger partial charge is 0.378 e. The van der Waals surface area contributed by atoms with Gasteiger partial charge in [0.1, 0.15) is 5.82 Å². The molecule has 1 aromatic carbocycles. The van der Waals surface area contributed by atoms with Crippen molar-refractivity contribution in [2.75, 3.05) is 62.4 Å². The monoisotopic (exact) mass is 384 g/mol. The summed E-state index contributed by atoms with van der Waals surface area (Å²) in [6.45, 7) is 5.27. The van der Waals surface area contributed by atoms with Gasteiger partial charge in [0.25, 0.3) is 0 Å². The van der Waals surface area contributed by atoms with Crippen LogP contribution in [0.3, 0.4) is 0 Å². The van der Waals surface area contributed by atoms with Gasteiger partial charge in [-0.1, -0.05) is 0 Å². The van der Waals surface area contributed by atoms with Gasteiger partial charge in [-0.05, 0) is 18.2 Å². The molecule has 8 nitrogen and oxygen atoms in total. The first-order chi connectivity index (χ1) is 13.8. The van der Waals surface area contributed by atoms with E-state index in [1.807, 2.05) is 6.07 Å². The summed E-state index contributed by atoms with van der Waals surface area (Å²) >= 11 is 0. The number of H-pyrrole nitrogens is 1. The maximum absolute atomic E-state index is 14.8. The van der Waals surface area contributed by atoms with Gasteiger partial charge in [-0.3, -0.25) is 0 Å². The fourth-order valence-corrected chi connectivity index (χ4v) is 3.61. The molecule has 0 atom stereocenters. The Hall–Kier alpha value is -2.78. The van der Waals surface area contributed by atoms with Gasteiger partial charge in [0.2, 0.25) is 11.9 Å². The maximum Gasteiger partial charge on any atom is 0.230 e. The van der Waals surface area contributed by atoms with Crippen molar-refractivity contribution in [1.29, 1.82) is 0 Å². The zero-order valence-electron chi connectivity index (χ0n) is 15.4. The zero-order chi connectivity index (χ0) is 18.9. The van der Waals surface area contributed by atoms with Crippen molar-refractivity contribution in [3.63, 3.8) is 0 Å². The van der Waals surface area contributed by atoms with Gasteiger partial charge in [-0.2, -0.15) is 15.0 Å². The molecule has 28 heavy (non-hydrogen) atoms. The number of halogens is 1. The Morgan fingerprint density at radius 3 is 2.04 bits per heavy atom. The fourth-order valence-electron chi connectivity index (χ4n) is 3.61. The van der Waals surface area contributed by atoms with E-state index < -0.39 is 0 Å². The first-order valence-corrected chi connectivity index (χ1v) is 9.47. The molecule has 1 N–H and O–H groups in total. The molecule has 5 rings (SSSR count). The molecule has 9 heteroatoms. The number of benzene rings is 1. The number of ether oxygens (including phenoxy) is 2. The average Bonchev–Trinajstić information content (AvgIpc) is 3.23. The number of hydrogen-bond donors (Lipinski definition) is 1. The Balaban J connectivity index is 1.65. The van der Waals surface area contributed by atoms with Gasteiger partial charge in [-0.25, -0.2) is 4.39 Å². The first kappa shape index (κ1) is 17.3. The van der Waals surface area contributed by atoms with Gasteiger partial charge in [0.15, 0.2) is 5.82 Å². The van der Waals surface area contributed by atoms with E-state index in [1.54, 1.807) is 12.3 Å². The second-order valence-corrected chi connectivity index (χ2v) is 6.82. The van der Waals surface area contributed by atoms with E-state index >= 15 is 0 Å². The Labute approximate surface area is 161 Å². The molecule has 2 aromatic heterocycles. The van der Waals surface area contributed by atoms with Crippen LogP contribution in [-0.2, 0) is 9.47 Å². The summed E-state index contributed by atoms with van der Waals surface area (Å²) in [4.78, 5) is 21.2. The third-order valence-electron chi connectivity index (χ3n) is 5.11. The highest BCUT2D eigenvalue weighted by Gasteiger charge is 2.23. The van der Waals surface area contributed by atoms with Crippen LogP contribution in [0, 0.1) is 5.82 Å². The van der Waals surface area contributed by atoms with Crippen LogP contribution in [0.1, 0.15) is 0 Å². The lowest BCUT2D eigenvalue weighted by atomic mass is 10.1. The van der Waals surface area contributed by atoms with Crippen LogP contribution in [0.2, 0.25) is 0 Å². The Morgan fingerprint density at radius 1 is 0.821 bits per heavy atom. The number of nitrogens with zero attached hydrogens (tertiary/aromatic N) is 5. The van der Waals surface area contributed by atoms with Crippen molar-refractivity contribution >= 4 is 22.8 Å². The molecular formula is C19H21FN6O2. The molecule has 2 saturated heterocycles. The van der Waals surface area contributed by atoms with Crippen LogP contribution in [-0.4, -0.2) is 72.5 Å². The molecule has 3 aromatic rings. The van der Waals surface area contributed by atoms with Gasteiger partial charge >= 0.3 is 0 Å². The van der Waals surface area contributed by atoms with E-state index in [2.05, 4.69) is 24.8 Å². The van der Waals surface area contributed by atoms with Crippen LogP contribution in [0.4, 0.5) is 16.3 Å². The van der Waals surface area contributed by atoms with Gasteiger partial charge in [0.05, 0.1) is 32.0 Å². The predicted molar refractivity (Wildman–Crippen MR) is 103 cm³/mol. The fraction of sp³-hybridized carbons (Fsp3) is 0.421. The molecule has 0 amide bonds. The quantitative estimate of drug-likeness (QED) is 0.738. The van der Waals surface area contributed by atoms with Crippen LogP contribution >= 0.6 is 0 Å². The van der Waals surface area contributed by atoms with Gasteiger partial charge in [-0.15, -0.1) is 0 Å². The highest BCUT2D eigenvalue weighted by Crippen LogP contribution is 2.31. The van der Waals surface area contributed by atoms with Crippen molar-refractivity contribution in [3.8, 4) is 11.4 Å². The van der Waals surface area contributed by atoms with Crippen molar-refractivity contribution in [3.05, 3.63) is 30.2 Å². The third-order valence-corrected chi connectivity index (χ3v) is 5.11. The van der Waals surface area contributed by atoms with E-state index in [4.69, 9.17) is 14.5 Å². The second kappa shape index (κ2) is 7.33. The van der Waals surface area contributed by atoms with Crippen molar-refractivity contribution < 1.29 is 13.9 Å². The van der Waals surface area contributed by atoms with Crippen LogP contribution < -0.4 is 9.80 Å². The molecule has 4 heterocycles. The number of hydrogen-bond acceptors (Lipinski definition) is 7. The van der Waals surface area contributed by atoms with Crippen LogP contribution in [0.15, 0.2) is 24.4 Å². The molecule has 2 aliphatic rings. The standard InChI is InChI=1S/C19H21FN6O2/c20-14-1-2-15-13(3-4-21-15)16(14)17-22-18(25-5-9-27-10-6-25)24-19(23-17)26-7-11-28-12-8-26/h1-4,21H,5-12H2. The number of rotatable bonds is 3. The second-order valence-electron chi connectivity index (χ2n) is 6.82. The van der Waals surface area contributed by atoms with E-state index in [1.165, 1.54) is 6.07 Å². The highest BCUT2D eigenvalue weighted by atomic mass is 19.1. The van der Waals surface area contributed by atoms with Crippen molar-refractivity contribution in [1.82, 2.24) is 19.9 Å². The summed E-state index contributed by atoms with van der Waals surface area (Å²) in [6.07, 6.45) is 1.79. The lowest BCUT2D eigenvalue weighted by Gasteiger charge is -2.30.